The summed E-state index contributed by atoms with van der Waals surface area (Å²) in [5, 5.41) is 4.69. The molecule has 1 N–H and O–H groups in total. The molecule has 2 atom stereocenters. The summed E-state index contributed by atoms with van der Waals surface area (Å²) in [6, 6.07) is 18.7. The van der Waals surface area contributed by atoms with E-state index < -0.39 is 0 Å². The molecule has 0 unspecified atom stereocenters. The van der Waals surface area contributed by atoms with Crippen LogP contribution in [0.1, 0.15) is 24.4 Å². The van der Waals surface area contributed by atoms with E-state index in [4.69, 9.17) is 4.74 Å². The van der Waals surface area contributed by atoms with Crippen molar-refractivity contribution in [3.63, 3.8) is 0 Å². The number of halogens is 2. The minimum absolute atomic E-state index is 0. The first-order chi connectivity index (χ1) is 13.6. The fourth-order valence-corrected chi connectivity index (χ4v) is 4.30. The molecule has 30 heavy (non-hydrogen) atoms. The van der Waals surface area contributed by atoms with Crippen LogP contribution in [0.4, 0.5) is 5.69 Å². The van der Waals surface area contributed by atoms with Crippen molar-refractivity contribution >= 4 is 41.4 Å². The molecule has 1 aliphatic rings. The number of aryl methyl sites for hydroxylation is 1. The highest BCUT2D eigenvalue weighted by Crippen LogP contribution is 2.37. The van der Waals surface area contributed by atoms with Crippen LogP contribution >= 0.6 is 24.8 Å². The molecule has 0 aliphatic carbocycles. The predicted molar refractivity (Wildman–Crippen MR) is 129 cm³/mol. The van der Waals surface area contributed by atoms with E-state index in [2.05, 4.69) is 53.7 Å². The van der Waals surface area contributed by atoms with E-state index in [1.165, 1.54) is 5.56 Å². The van der Waals surface area contributed by atoms with Gasteiger partial charge in [0.25, 0.3) is 5.56 Å². The van der Waals surface area contributed by atoms with Crippen molar-refractivity contribution in [3.8, 4) is 5.75 Å². The summed E-state index contributed by atoms with van der Waals surface area (Å²) in [4.78, 5) is 14.4. The number of anilines is 1. The molecule has 1 aromatic heterocycles. The van der Waals surface area contributed by atoms with Crippen LogP contribution in [0.15, 0.2) is 59.4 Å². The summed E-state index contributed by atoms with van der Waals surface area (Å²) < 4.78 is 7.42. The SMILES string of the molecule is COc1cc2ccc(=O)n(C)c2cc1N(C)[C@H]1CCCN[C@H]1c1ccccc1.Cl.Cl. The number of benzene rings is 2. The zero-order valence-corrected chi connectivity index (χ0v) is 19.1. The highest BCUT2D eigenvalue weighted by Gasteiger charge is 2.30. The van der Waals surface area contributed by atoms with E-state index >= 15 is 0 Å². The highest BCUT2D eigenvalue weighted by molar-refractivity contribution is 5.86. The Morgan fingerprint density at radius 3 is 2.53 bits per heavy atom. The van der Waals surface area contributed by atoms with Crippen LogP contribution in [0.2, 0.25) is 0 Å². The van der Waals surface area contributed by atoms with Crippen LogP contribution in [0, 0.1) is 0 Å². The van der Waals surface area contributed by atoms with Crippen LogP contribution in [0.3, 0.4) is 0 Å². The molecule has 0 bridgehead atoms. The Kier molecular flexibility index (Phi) is 8.18. The lowest BCUT2D eigenvalue weighted by molar-refractivity contribution is 0.345. The Bertz CT molecular complexity index is 1040. The minimum Gasteiger partial charge on any atom is -0.495 e. The van der Waals surface area contributed by atoms with Gasteiger partial charge in [0.15, 0.2) is 0 Å². The third-order valence-electron chi connectivity index (χ3n) is 5.89. The largest absolute Gasteiger partial charge is 0.495 e. The standard InChI is InChI=1S/C23H27N3O2.2ClH/c1-25(18-10-7-13-24-23(18)16-8-5-4-6-9-16)20-15-19-17(14-21(20)28-3)11-12-22(27)26(19)2;;/h4-6,8-9,11-12,14-15,18,23-24H,7,10,13H2,1-3H3;2*1H/t18-,23-;;/m0../s1. The van der Waals surface area contributed by atoms with E-state index in [1.54, 1.807) is 17.7 Å². The van der Waals surface area contributed by atoms with E-state index in [0.29, 0.717) is 6.04 Å². The molecule has 1 aliphatic heterocycles. The molecular formula is C23H29Cl2N3O2. The third kappa shape index (κ3) is 4.43. The van der Waals surface area contributed by atoms with Crippen LogP contribution in [0.25, 0.3) is 10.9 Å². The Labute approximate surface area is 189 Å². The lowest BCUT2D eigenvalue weighted by Crippen LogP contribution is -2.47. The maximum absolute atomic E-state index is 12.1. The third-order valence-corrected chi connectivity index (χ3v) is 5.89. The van der Waals surface area contributed by atoms with Gasteiger partial charge in [-0.2, -0.15) is 0 Å². The van der Waals surface area contributed by atoms with Gasteiger partial charge < -0.3 is 19.5 Å². The maximum Gasteiger partial charge on any atom is 0.250 e. The first-order valence-electron chi connectivity index (χ1n) is 9.79. The number of rotatable bonds is 4. The summed E-state index contributed by atoms with van der Waals surface area (Å²) >= 11 is 0. The predicted octanol–water partition coefficient (Wildman–Crippen LogP) is 4.32. The Morgan fingerprint density at radius 2 is 1.83 bits per heavy atom. The van der Waals surface area contributed by atoms with E-state index in [9.17, 15) is 4.79 Å². The van der Waals surface area contributed by atoms with Crippen molar-refractivity contribution in [1.82, 2.24) is 9.88 Å². The number of piperidine rings is 1. The molecule has 0 amide bonds. The Balaban J connectivity index is 0.00000160. The summed E-state index contributed by atoms with van der Waals surface area (Å²) in [5.41, 5.74) is 3.21. The molecule has 2 aromatic carbocycles. The van der Waals surface area contributed by atoms with Gasteiger partial charge in [-0.05, 0) is 43.1 Å². The van der Waals surface area contributed by atoms with Crippen LogP contribution in [-0.4, -0.2) is 31.3 Å². The molecule has 162 valence electrons. The number of nitrogens with one attached hydrogen (secondary N) is 1. The number of pyridine rings is 1. The van der Waals surface area contributed by atoms with Crippen LogP contribution < -0.4 is 20.5 Å². The van der Waals surface area contributed by atoms with Crippen molar-refractivity contribution in [3.05, 3.63) is 70.5 Å². The average Bonchev–Trinajstić information content (AvgIpc) is 2.75. The number of methoxy groups -OCH3 is 1. The molecule has 1 fully saturated rings. The van der Waals surface area contributed by atoms with Crippen molar-refractivity contribution in [2.24, 2.45) is 7.05 Å². The summed E-state index contributed by atoms with van der Waals surface area (Å²) in [7, 11) is 5.64. The van der Waals surface area contributed by atoms with Gasteiger partial charge in [-0.3, -0.25) is 4.79 Å². The fourth-order valence-electron chi connectivity index (χ4n) is 4.30. The topological polar surface area (TPSA) is 46.5 Å². The van der Waals surface area contributed by atoms with E-state index in [-0.39, 0.29) is 36.4 Å². The average molecular weight is 450 g/mol. The zero-order valence-electron chi connectivity index (χ0n) is 17.5. The second-order valence-corrected chi connectivity index (χ2v) is 7.48. The lowest BCUT2D eigenvalue weighted by Gasteiger charge is -2.40. The number of nitrogens with zero attached hydrogens (tertiary/aromatic N) is 2. The van der Waals surface area contributed by atoms with Gasteiger partial charge in [0.05, 0.1) is 24.4 Å². The molecule has 0 radical (unpaired) electrons. The van der Waals surface area contributed by atoms with Gasteiger partial charge in [0.2, 0.25) is 0 Å². The molecule has 3 aromatic rings. The van der Waals surface area contributed by atoms with Gasteiger partial charge in [-0.1, -0.05) is 30.3 Å². The van der Waals surface area contributed by atoms with Crippen molar-refractivity contribution in [1.29, 1.82) is 0 Å². The summed E-state index contributed by atoms with van der Waals surface area (Å²) in [6.07, 6.45) is 2.23. The molecule has 4 rings (SSSR count). The number of ether oxygens (including phenoxy) is 1. The normalized spacial score (nSPS) is 18.2. The number of aromatic nitrogens is 1. The first-order valence-corrected chi connectivity index (χ1v) is 9.79. The number of hydrogen-bond donors (Lipinski definition) is 1. The second kappa shape index (κ2) is 10.2. The highest BCUT2D eigenvalue weighted by atomic mass is 35.5. The number of likely N-dealkylation sites (N-methyl/N-ethyl adjacent to an activating group) is 1. The van der Waals surface area contributed by atoms with E-state index in [0.717, 1.165) is 41.7 Å². The monoisotopic (exact) mass is 449 g/mol. The van der Waals surface area contributed by atoms with Gasteiger partial charge in [0.1, 0.15) is 5.75 Å². The number of fused-ring (bicyclic) bond motifs is 1. The molecule has 2 heterocycles. The quantitative estimate of drug-likeness (QED) is 0.643. The maximum atomic E-state index is 12.1. The first kappa shape index (κ1) is 24.1. The zero-order chi connectivity index (χ0) is 19.7. The molecular weight excluding hydrogens is 421 g/mol. The van der Waals surface area contributed by atoms with Crippen molar-refractivity contribution in [2.75, 3.05) is 25.6 Å². The smallest absolute Gasteiger partial charge is 0.250 e. The molecule has 1 saturated heterocycles. The van der Waals surface area contributed by atoms with Crippen LogP contribution in [0.5, 0.6) is 5.75 Å². The van der Waals surface area contributed by atoms with Gasteiger partial charge in [0, 0.05) is 31.6 Å². The van der Waals surface area contributed by atoms with Crippen LogP contribution in [-0.2, 0) is 7.05 Å². The Morgan fingerprint density at radius 1 is 1.10 bits per heavy atom. The molecule has 0 saturated carbocycles. The van der Waals surface area contributed by atoms with Gasteiger partial charge in [-0.15, -0.1) is 24.8 Å². The fraction of sp³-hybridized carbons (Fsp3) is 0.348. The second-order valence-electron chi connectivity index (χ2n) is 7.48. The minimum atomic E-state index is -0.00670. The number of hydrogen-bond acceptors (Lipinski definition) is 4. The van der Waals surface area contributed by atoms with Crippen molar-refractivity contribution in [2.45, 2.75) is 24.9 Å². The summed E-state index contributed by atoms with van der Waals surface area (Å²) in [6.45, 7) is 1.02. The Hall–Kier alpha value is -2.21. The van der Waals surface area contributed by atoms with Gasteiger partial charge >= 0.3 is 0 Å². The molecule has 7 heteroatoms. The van der Waals surface area contributed by atoms with Crippen molar-refractivity contribution < 1.29 is 4.74 Å². The lowest BCUT2D eigenvalue weighted by atomic mass is 9.91. The van der Waals surface area contributed by atoms with E-state index in [1.807, 2.05) is 19.2 Å². The molecule has 0 spiro atoms. The van der Waals surface area contributed by atoms with Gasteiger partial charge in [-0.25, -0.2) is 0 Å². The molecule has 5 nitrogen and oxygen atoms in total. The summed E-state index contributed by atoms with van der Waals surface area (Å²) in [5.74, 6) is 0.825.